The first-order valence-corrected chi connectivity index (χ1v) is 7.97. The second-order valence-electron chi connectivity index (χ2n) is 4.67. The molecule has 0 aliphatic heterocycles. The van der Waals surface area contributed by atoms with E-state index in [-0.39, 0.29) is 0 Å². The molecular formula is C16H15BrO2S. The van der Waals surface area contributed by atoms with Crippen molar-refractivity contribution in [2.75, 3.05) is 0 Å². The van der Waals surface area contributed by atoms with Gasteiger partial charge in [0.2, 0.25) is 0 Å². The third kappa shape index (κ3) is 3.64. The number of thioether (sulfide) groups is 1. The van der Waals surface area contributed by atoms with Crippen LogP contribution in [0.15, 0.2) is 45.8 Å². The molecule has 0 bridgehead atoms. The summed E-state index contributed by atoms with van der Waals surface area (Å²) in [5.41, 5.74) is 3.91. The Morgan fingerprint density at radius 1 is 1.20 bits per heavy atom. The zero-order valence-corrected chi connectivity index (χ0v) is 13.7. The molecule has 0 atom stereocenters. The fourth-order valence-corrected chi connectivity index (χ4v) is 3.65. The second-order valence-corrected chi connectivity index (χ2v) is 6.54. The Balaban J connectivity index is 2.15. The van der Waals surface area contributed by atoms with Gasteiger partial charge in [0.05, 0.1) is 5.56 Å². The number of carboxylic acids is 1. The lowest BCUT2D eigenvalue weighted by Gasteiger charge is -2.09. The number of aryl methyl sites for hydroxylation is 2. The van der Waals surface area contributed by atoms with Crippen LogP contribution < -0.4 is 0 Å². The van der Waals surface area contributed by atoms with Crippen LogP contribution in [0.1, 0.15) is 27.0 Å². The molecule has 0 aromatic heterocycles. The summed E-state index contributed by atoms with van der Waals surface area (Å²) < 4.78 is 0.843. The van der Waals surface area contributed by atoms with Gasteiger partial charge in [-0.1, -0.05) is 39.7 Å². The summed E-state index contributed by atoms with van der Waals surface area (Å²) in [7, 11) is 0. The van der Waals surface area contributed by atoms with Gasteiger partial charge in [0.15, 0.2) is 0 Å². The maximum Gasteiger partial charge on any atom is 0.335 e. The lowest BCUT2D eigenvalue weighted by molar-refractivity contribution is 0.0697. The molecule has 2 rings (SSSR count). The van der Waals surface area contributed by atoms with E-state index in [2.05, 4.69) is 48.0 Å². The van der Waals surface area contributed by atoms with Crippen molar-refractivity contribution in [1.29, 1.82) is 0 Å². The van der Waals surface area contributed by atoms with E-state index >= 15 is 0 Å². The van der Waals surface area contributed by atoms with Crippen molar-refractivity contribution < 1.29 is 9.90 Å². The molecule has 0 spiro atoms. The highest BCUT2D eigenvalue weighted by molar-refractivity contribution is 9.10. The van der Waals surface area contributed by atoms with E-state index in [0.717, 1.165) is 15.8 Å². The Morgan fingerprint density at radius 3 is 2.60 bits per heavy atom. The maximum absolute atomic E-state index is 10.9. The zero-order valence-electron chi connectivity index (χ0n) is 11.3. The van der Waals surface area contributed by atoms with Crippen molar-refractivity contribution in [3.8, 4) is 0 Å². The molecule has 0 aliphatic rings. The van der Waals surface area contributed by atoms with Crippen LogP contribution in [-0.4, -0.2) is 11.1 Å². The highest BCUT2D eigenvalue weighted by Crippen LogP contribution is 2.30. The van der Waals surface area contributed by atoms with E-state index < -0.39 is 5.97 Å². The summed E-state index contributed by atoms with van der Waals surface area (Å²) in [4.78, 5) is 12.2. The van der Waals surface area contributed by atoms with Crippen LogP contribution in [0.25, 0.3) is 0 Å². The molecular weight excluding hydrogens is 336 g/mol. The molecule has 2 aromatic rings. The van der Waals surface area contributed by atoms with Gasteiger partial charge >= 0.3 is 5.97 Å². The number of hydrogen-bond donors (Lipinski definition) is 1. The van der Waals surface area contributed by atoms with Crippen LogP contribution in [0.5, 0.6) is 0 Å². The Bertz CT molecular complexity index is 653. The number of carbonyl (C=O) groups is 1. The van der Waals surface area contributed by atoms with Gasteiger partial charge in [0.25, 0.3) is 0 Å². The molecule has 0 heterocycles. The molecule has 4 heteroatoms. The highest BCUT2D eigenvalue weighted by atomic mass is 79.9. The molecule has 0 amide bonds. The Morgan fingerprint density at radius 2 is 1.95 bits per heavy atom. The SMILES string of the molecule is Cc1ccc(C)c(SCc2ccc(C(=O)O)cc2Br)c1. The highest BCUT2D eigenvalue weighted by Gasteiger charge is 2.08. The van der Waals surface area contributed by atoms with Crippen LogP contribution in [0.4, 0.5) is 0 Å². The van der Waals surface area contributed by atoms with Crippen LogP contribution in [0.2, 0.25) is 0 Å². The fourth-order valence-electron chi connectivity index (χ4n) is 1.82. The van der Waals surface area contributed by atoms with Gasteiger partial charge in [0, 0.05) is 15.1 Å². The van der Waals surface area contributed by atoms with Crippen molar-refractivity contribution >= 4 is 33.7 Å². The smallest absolute Gasteiger partial charge is 0.335 e. The van der Waals surface area contributed by atoms with E-state index in [9.17, 15) is 4.79 Å². The predicted octanol–water partition coefficient (Wildman–Crippen LogP) is 5.06. The molecule has 2 aromatic carbocycles. The number of halogens is 1. The third-order valence-corrected chi connectivity index (χ3v) is 4.97. The average molecular weight is 351 g/mol. The molecule has 0 saturated heterocycles. The van der Waals surface area contributed by atoms with Crippen LogP contribution in [0, 0.1) is 13.8 Å². The van der Waals surface area contributed by atoms with Gasteiger partial charge in [-0.3, -0.25) is 0 Å². The standard InChI is InChI=1S/C16H15BrO2S/c1-10-3-4-11(2)15(7-10)20-9-13-6-5-12(16(18)19)8-14(13)17/h3-8H,9H2,1-2H3,(H,18,19). The van der Waals surface area contributed by atoms with E-state index in [1.165, 1.54) is 16.0 Å². The number of benzene rings is 2. The Labute approximate surface area is 131 Å². The second kappa shape index (κ2) is 6.46. The molecule has 0 radical (unpaired) electrons. The number of carboxylic acid groups (broad SMARTS) is 1. The van der Waals surface area contributed by atoms with Gasteiger partial charge in [-0.25, -0.2) is 4.79 Å². The van der Waals surface area contributed by atoms with Crippen molar-refractivity contribution in [3.05, 3.63) is 63.1 Å². The summed E-state index contributed by atoms with van der Waals surface area (Å²) in [5, 5.41) is 8.95. The van der Waals surface area contributed by atoms with Crippen LogP contribution in [0.3, 0.4) is 0 Å². The van der Waals surface area contributed by atoms with Gasteiger partial charge in [-0.15, -0.1) is 11.8 Å². The Hall–Kier alpha value is -1.26. The molecule has 0 saturated carbocycles. The summed E-state index contributed by atoms with van der Waals surface area (Å²) >= 11 is 5.21. The van der Waals surface area contributed by atoms with Crippen LogP contribution >= 0.6 is 27.7 Å². The van der Waals surface area contributed by atoms with Gasteiger partial charge in [0.1, 0.15) is 0 Å². The number of aromatic carboxylic acids is 1. The lowest BCUT2D eigenvalue weighted by Crippen LogP contribution is -1.97. The maximum atomic E-state index is 10.9. The minimum absolute atomic E-state index is 0.303. The van der Waals surface area contributed by atoms with E-state index in [4.69, 9.17) is 5.11 Å². The summed E-state index contributed by atoms with van der Waals surface area (Å²) in [6.07, 6.45) is 0. The van der Waals surface area contributed by atoms with Gasteiger partial charge in [-0.05, 0) is 43.2 Å². The fraction of sp³-hybridized carbons (Fsp3) is 0.188. The molecule has 1 N–H and O–H groups in total. The first-order chi connectivity index (χ1) is 9.47. The minimum Gasteiger partial charge on any atom is -0.478 e. The normalized spacial score (nSPS) is 10.6. The van der Waals surface area contributed by atoms with Crippen molar-refractivity contribution in [1.82, 2.24) is 0 Å². The summed E-state index contributed by atoms with van der Waals surface area (Å²) in [6.45, 7) is 4.19. The average Bonchev–Trinajstić information content (AvgIpc) is 2.40. The molecule has 2 nitrogen and oxygen atoms in total. The molecule has 104 valence electrons. The van der Waals surface area contributed by atoms with Crippen LogP contribution in [-0.2, 0) is 5.75 Å². The monoisotopic (exact) mass is 350 g/mol. The molecule has 20 heavy (non-hydrogen) atoms. The zero-order chi connectivity index (χ0) is 14.7. The lowest BCUT2D eigenvalue weighted by atomic mass is 10.1. The number of rotatable bonds is 4. The van der Waals surface area contributed by atoms with Crippen molar-refractivity contribution in [3.63, 3.8) is 0 Å². The van der Waals surface area contributed by atoms with Crippen molar-refractivity contribution in [2.24, 2.45) is 0 Å². The van der Waals surface area contributed by atoms with E-state index in [1.807, 2.05) is 6.07 Å². The predicted molar refractivity (Wildman–Crippen MR) is 86.6 cm³/mol. The third-order valence-electron chi connectivity index (χ3n) is 3.03. The van der Waals surface area contributed by atoms with E-state index in [0.29, 0.717) is 5.56 Å². The molecule has 0 fully saturated rings. The quantitative estimate of drug-likeness (QED) is 0.783. The molecule has 0 aliphatic carbocycles. The van der Waals surface area contributed by atoms with Gasteiger partial charge in [-0.2, -0.15) is 0 Å². The van der Waals surface area contributed by atoms with Crippen molar-refractivity contribution in [2.45, 2.75) is 24.5 Å². The topological polar surface area (TPSA) is 37.3 Å². The van der Waals surface area contributed by atoms with E-state index in [1.54, 1.807) is 23.9 Å². The largest absolute Gasteiger partial charge is 0.478 e. The first-order valence-electron chi connectivity index (χ1n) is 6.19. The first kappa shape index (κ1) is 15.1. The number of hydrogen-bond acceptors (Lipinski definition) is 2. The van der Waals surface area contributed by atoms with Gasteiger partial charge < -0.3 is 5.11 Å². The summed E-state index contributed by atoms with van der Waals surface area (Å²) in [5.74, 6) is -0.0930. The minimum atomic E-state index is -0.903. The Kier molecular flexibility index (Phi) is 4.89. The summed E-state index contributed by atoms with van der Waals surface area (Å²) in [6, 6.07) is 11.6. The molecule has 0 unspecified atom stereocenters.